The summed E-state index contributed by atoms with van der Waals surface area (Å²) in [4.78, 5) is 30.6. The van der Waals surface area contributed by atoms with Crippen molar-refractivity contribution in [2.75, 3.05) is 31.5 Å². The maximum absolute atomic E-state index is 13.0. The van der Waals surface area contributed by atoms with Gasteiger partial charge in [0, 0.05) is 49.2 Å². The maximum atomic E-state index is 13.0. The predicted molar refractivity (Wildman–Crippen MR) is 171 cm³/mol. The highest BCUT2D eigenvalue weighted by Crippen LogP contribution is 2.30. The first-order valence-electron chi connectivity index (χ1n) is 15.9. The molecule has 0 unspecified atom stereocenters. The molecule has 2 fully saturated rings. The van der Waals surface area contributed by atoms with E-state index in [9.17, 15) is 22.8 Å². The Balaban J connectivity index is 0.957. The van der Waals surface area contributed by atoms with Crippen LogP contribution in [0.5, 0.6) is 0 Å². The van der Waals surface area contributed by atoms with Crippen LogP contribution in [0, 0.1) is 17.2 Å². The van der Waals surface area contributed by atoms with Gasteiger partial charge in [0.2, 0.25) is 5.91 Å². The quantitative estimate of drug-likeness (QED) is 0.225. The molecule has 2 aliphatic heterocycles. The molecule has 2 saturated heterocycles. The van der Waals surface area contributed by atoms with E-state index < -0.39 is 11.7 Å². The molecule has 3 heterocycles. The van der Waals surface area contributed by atoms with E-state index in [1.54, 1.807) is 24.3 Å². The van der Waals surface area contributed by atoms with Crippen molar-refractivity contribution in [3.63, 3.8) is 0 Å². The van der Waals surface area contributed by atoms with Crippen LogP contribution >= 0.6 is 0 Å². The second-order valence-electron chi connectivity index (χ2n) is 12.4. The molecular weight excluding hydrogens is 607 g/mol. The van der Waals surface area contributed by atoms with Crippen LogP contribution < -0.4 is 10.6 Å². The number of hydrogen-bond acceptors (Lipinski definition) is 6. The van der Waals surface area contributed by atoms with Crippen molar-refractivity contribution in [3.05, 3.63) is 101 Å². The summed E-state index contributed by atoms with van der Waals surface area (Å²) in [5, 5.41) is 15.8. The number of alkyl halides is 3. The van der Waals surface area contributed by atoms with Gasteiger partial charge in [0.25, 0.3) is 5.91 Å². The van der Waals surface area contributed by atoms with Crippen molar-refractivity contribution in [1.82, 2.24) is 15.1 Å². The van der Waals surface area contributed by atoms with Crippen molar-refractivity contribution >= 4 is 28.5 Å². The molecule has 0 saturated carbocycles. The molecule has 8 nitrogen and oxygen atoms in total. The summed E-state index contributed by atoms with van der Waals surface area (Å²) in [6, 6.07) is 22.0. The molecular formula is C36H36F3N5O3. The van der Waals surface area contributed by atoms with Gasteiger partial charge in [-0.2, -0.15) is 18.4 Å². The van der Waals surface area contributed by atoms with E-state index in [2.05, 4.69) is 26.5 Å². The molecule has 0 aliphatic carbocycles. The first kappa shape index (κ1) is 32.3. The highest BCUT2D eigenvalue weighted by atomic mass is 19.4. The zero-order valence-electron chi connectivity index (χ0n) is 25.9. The minimum atomic E-state index is -4.35. The third-order valence-corrected chi connectivity index (χ3v) is 9.07. The number of anilines is 1. The number of furan rings is 1. The molecule has 0 atom stereocenters. The van der Waals surface area contributed by atoms with Gasteiger partial charge in [0.1, 0.15) is 5.58 Å². The number of nitrogens with zero attached hydrogens (tertiary/aromatic N) is 3. The lowest BCUT2D eigenvalue weighted by Gasteiger charge is -2.32. The second-order valence-corrected chi connectivity index (χ2v) is 12.4. The molecule has 1 aromatic heterocycles. The summed E-state index contributed by atoms with van der Waals surface area (Å²) in [5.41, 5.74) is 3.14. The smallest absolute Gasteiger partial charge is 0.416 e. The third kappa shape index (κ3) is 8.20. The molecule has 0 bridgehead atoms. The van der Waals surface area contributed by atoms with Gasteiger partial charge in [-0.25, -0.2) is 0 Å². The van der Waals surface area contributed by atoms with Crippen LogP contribution in [0.1, 0.15) is 58.5 Å². The summed E-state index contributed by atoms with van der Waals surface area (Å²) in [7, 11) is 0. The number of carbonyl (C=O) groups excluding carboxylic acids is 2. The van der Waals surface area contributed by atoms with E-state index in [-0.39, 0.29) is 29.5 Å². The number of rotatable bonds is 8. The Hall–Kier alpha value is -4.66. The Kier molecular flexibility index (Phi) is 9.61. The Morgan fingerprint density at radius 1 is 0.830 bits per heavy atom. The first-order chi connectivity index (χ1) is 22.6. The summed E-state index contributed by atoms with van der Waals surface area (Å²) >= 11 is 0. The number of halogens is 3. The van der Waals surface area contributed by atoms with Crippen LogP contribution in [0.4, 0.5) is 18.9 Å². The van der Waals surface area contributed by atoms with Crippen molar-refractivity contribution in [3.8, 4) is 6.07 Å². The molecule has 3 aromatic carbocycles. The van der Waals surface area contributed by atoms with E-state index in [0.29, 0.717) is 49.3 Å². The molecule has 0 radical (unpaired) electrons. The number of benzene rings is 3. The van der Waals surface area contributed by atoms with Gasteiger partial charge in [-0.3, -0.25) is 19.4 Å². The number of piperidine rings is 2. The maximum Gasteiger partial charge on any atom is 0.416 e. The second kappa shape index (κ2) is 14.0. The number of fused-ring (bicyclic) bond motifs is 1. The van der Waals surface area contributed by atoms with Crippen molar-refractivity contribution < 1.29 is 27.2 Å². The van der Waals surface area contributed by atoms with E-state index in [0.717, 1.165) is 61.1 Å². The number of likely N-dealkylation sites (tertiary alicyclic amines) is 2. The van der Waals surface area contributed by atoms with E-state index in [1.165, 1.54) is 12.1 Å². The van der Waals surface area contributed by atoms with Crippen LogP contribution in [-0.2, 0) is 24.1 Å². The van der Waals surface area contributed by atoms with Crippen molar-refractivity contribution in [2.45, 2.75) is 51.0 Å². The lowest BCUT2D eigenvalue weighted by atomic mass is 9.95. The zero-order chi connectivity index (χ0) is 33.0. The lowest BCUT2D eigenvalue weighted by molar-refractivity contribution is -0.137. The predicted octanol–water partition coefficient (Wildman–Crippen LogP) is 6.57. The van der Waals surface area contributed by atoms with Gasteiger partial charge in [-0.1, -0.05) is 24.3 Å². The number of hydrogen-bond donors (Lipinski definition) is 2. The Morgan fingerprint density at radius 2 is 1.43 bits per heavy atom. The average molecular weight is 644 g/mol. The molecule has 6 rings (SSSR count). The summed E-state index contributed by atoms with van der Waals surface area (Å²) in [5.74, 6) is -0.287. The third-order valence-electron chi connectivity index (χ3n) is 9.07. The van der Waals surface area contributed by atoms with Crippen molar-refractivity contribution in [2.24, 2.45) is 5.92 Å². The number of amides is 2. The zero-order valence-corrected chi connectivity index (χ0v) is 25.9. The van der Waals surface area contributed by atoms with Crippen LogP contribution in [0.25, 0.3) is 11.0 Å². The van der Waals surface area contributed by atoms with Gasteiger partial charge >= 0.3 is 6.18 Å². The summed E-state index contributed by atoms with van der Waals surface area (Å²) in [6.45, 7) is 4.40. The highest BCUT2D eigenvalue weighted by Gasteiger charge is 2.30. The highest BCUT2D eigenvalue weighted by molar-refractivity contribution is 5.98. The molecule has 11 heteroatoms. The minimum Gasteiger partial charge on any atom is -0.451 e. The fourth-order valence-corrected chi connectivity index (χ4v) is 6.32. The Morgan fingerprint density at radius 3 is 2.02 bits per heavy atom. The lowest BCUT2D eigenvalue weighted by Crippen LogP contribution is -2.44. The number of carbonyl (C=O) groups is 2. The van der Waals surface area contributed by atoms with Gasteiger partial charge in [0.05, 0.1) is 17.2 Å². The van der Waals surface area contributed by atoms with Crippen molar-refractivity contribution in [1.29, 1.82) is 5.26 Å². The van der Waals surface area contributed by atoms with E-state index in [1.807, 2.05) is 24.3 Å². The van der Waals surface area contributed by atoms with Gasteiger partial charge in [0.15, 0.2) is 5.76 Å². The standard InChI is InChI=1S/C36H36F3N5O3/c37-36(38,39)29-7-5-26(6-8-29)23-43-15-11-27(12-16-43)34(45)42-31-9-10-32-28(19-31)20-33(47-32)35(46)41-30-13-17-44(18-14-30)22-25-3-1-24(21-40)2-4-25/h1-10,19-20,27,30H,11-18,22-23H2,(H,41,46)(H,42,45). The van der Waals surface area contributed by atoms with Gasteiger partial charge in [-0.15, -0.1) is 0 Å². The monoisotopic (exact) mass is 643 g/mol. The Bertz CT molecular complexity index is 1750. The molecule has 0 spiro atoms. The fourth-order valence-electron chi connectivity index (χ4n) is 6.32. The molecule has 2 N–H and O–H groups in total. The topological polar surface area (TPSA) is 102 Å². The molecule has 47 heavy (non-hydrogen) atoms. The number of nitrogens with one attached hydrogen (secondary N) is 2. The molecule has 244 valence electrons. The van der Waals surface area contributed by atoms with Crippen LogP contribution in [0.2, 0.25) is 0 Å². The number of nitriles is 1. The largest absolute Gasteiger partial charge is 0.451 e. The van der Waals surface area contributed by atoms with Gasteiger partial charge in [-0.05, 0) is 98.4 Å². The Labute approximate surface area is 271 Å². The van der Waals surface area contributed by atoms with E-state index >= 15 is 0 Å². The van der Waals surface area contributed by atoms with Crippen LogP contribution in [-0.4, -0.2) is 53.8 Å². The summed E-state index contributed by atoms with van der Waals surface area (Å²) in [6.07, 6.45) is -1.39. The molecule has 2 amide bonds. The van der Waals surface area contributed by atoms with E-state index in [4.69, 9.17) is 9.68 Å². The van der Waals surface area contributed by atoms with Crippen LogP contribution in [0.15, 0.2) is 77.2 Å². The fraction of sp³-hybridized carbons (Fsp3) is 0.361. The normalized spacial score (nSPS) is 17.0. The first-order valence-corrected chi connectivity index (χ1v) is 15.9. The van der Waals surface area contributed by atoms with Gasteiger partial charge < -0.3 is 15.1 Å². The van der Waals surface area contributed by atoms with Crippen LogP contribution in [0.3, 0.4) is 0 Å². The minimum absolute atomic E-state index is 0.0455. The SMILES string of the molecule is N#Cc1ccc(CN2CCC(NC(=O)c3cc4cc(NC(=O)C5CCN(Cc6ccc(C(F)(F)F)cc6)CC5)ccc4o3)CC2)cc1. The molecule has 2 aliphatic rings. The average Bonchev–Trinajstić information content (AvgIpc) is 3.50. The summed E-state index contributed by atoms with van der Waals surface area (Å²) < 4.78 is 44.3. The molecule has 4 aromatic rings.